The molecule has 1 fully saturated rings. The lowest BCUT2D eigenvalue weighted by molar-refractivity contribution is 0.368. The summed E-state index contributed by atoms with van der Waals surface area (Å²) >= 11 is 0. The third kappa shape index (κ3) is 3.50. The van der Waals surface area contributed by atoms with Gasteiger partial charge in [0.15, 0.2) is 0 Å². The van der Waals surface area contributed by atoms with Crippen LogP contribution in [0.2, 0.25) is 0 Å². The lowest BCUT2D eigenvalue weighted by Crippen LogP contribution is -2.49. The van der Waals surface area contributed by atoms with Crippen molar-refractivity contribution >= 4 is 5.69 Å². The van der Waals surface area contributed by atoms with Gasteiger partial charge in [0.25, 0.3) is 0 Å². The monoisotopic (exact) mass is 260 g/mol. The van der Waals surface area contributed by atoms with Crippen molar-refractivity contribution in [2.45, 2.75) is 58.5 Å². The van der Waals surface area contributed by atoms with Crippen LogP contribution in [0.1, 0.15) is 52.5 Å². The summed E-state index contributed by atoms with van der Waals surface area (Å²) in [5.41, 5.74) is 3.05. The van der Waals surface area contributed by atoms with Gasteiger partial charge in [-0.25, -0.2) is 0 Å². The van der Waals surface area contributed by atoms with E-state index in [2.05, 4.69) is 69.1 Å². The summed E-state index contributed by atoms with van der Waals surface area (Å²) in [4.78, 5) is 2.56. The molecule has 1 heterocycles. The van der Waals surface area contributed by atoms with Crippen molar-refractivity contribution in [1.82, 2.24) is 5.32 Å². The van der Waals surface area contributed by atoms with E-state index >= 15 is 0 Å². The number of benzene rings is 1. The van der Waals surface area contributed by atoms with E-state index in [0.29, 0.717) is 12.0 Å². The molecule has 1 N–H and O–H groups in total. The van der Waals surface area contributed by atoms with Crippen LogP contribution in [0.3, 0.4) is 0 Å². The maximum Gasteiger partial charge on any atom is 0.0402 e. The third-order valence-electron chi connectivity index (χ3n) is 3.95. The molecule has 0 spiro atoms. The first kappa shape index (κ1) is 14.4. The summed E-state index contributed by atoms with van der Waals surface area (Å²) in [6, 6.07) is 9.46. The highest BCUT2D eigenvalue weighted by molar-refractivity contribution is 5.55. The molecule has 0 aromatic heterocycles. The fourth-order valence-electron chi connectivity index (χ4n) is 3.16. The first-order valence-electron chi connectivity index (χ1n) is 7.50. The topological polar surface area (TPSA) is 15.3 Å². The van der Waals surface area contributed by atoms with Gasteiger partial charge >= 0.3 is 0 Å². The zero-order chi connectivity index (χ0) is 14.0. The molecule has 106 valence electrons. The third-order valence-corrected chi connectivity index (χ3v) is 3.95. The molecule has 2 nitrogen and oxygen atoms in total. The summed E-state index contributed by atoms with van der Waals surface area (Å²) in [6.07, 6.45) is 1.20. The molecule has 1 aromatic carbocycles. The molecular formula is C17H28N2. The molecule has 1 aliphatic heterocycles. The summed E-state index contributed by atoms with van der Waals surface area (Å²) in [6.45, 7) is 13.7. The van der Waals surface area contributed by atoms with Gasteiger partial charge in [-0.05, 0) is 44.7 Å². The van der Waals surface area contributed by atoms with E-state index in [1.165, 1.54) is 17.7 Å². The number of rotatable bonds is 2. The Labute approximate surface area is 118 Å². The van der Waals surface area contributed by atoms with Gasteiger partial charge < -0.3 is 10.2 Å². The van der Waals surface area contributed by atoms with E-state index in [4.69, 9.17) is 0 Å². The zero-order valence-electron chi connectivity index (χ0n) is 13.0. The highest BCUT2D eigenvalue weighted by Crippen LogP contribution is 2.29. The standard InChI is InChI=1S/C17H28N2/c1-13(2)15-8-6-7-9-16(15)19-11-10-14(3)18-17(4,5)12-19/h6-9,13-14,18H,10-12H2,1-5H3. The van der Waals surface area contributed by atoms with Crippen LogP contribution in [0.15, 0.2) is 24.3 Å². The van der Waals surface area contributed by atoms with Crippen molar-refractivity contribution < 1.29 is 0 Å². The molecular weight excluding hydrogens is 232 g/mol. The SMILES string of the molecule is CC1CCN(c2ccccc2C(C)C)CC(C)(C)N1. The van der Waals surface area contributed by atoms with Crippen LogP contribution in [-0.4, -0.2) is 24.7 Å². The predicted molar refractivity (Wildman–Crippen MR) is 84.0 cm³/mol. The van der Waals surface area contributed by atoms with E-state index < -0.39 is 0 Å². The molecule has 2 rings (SSSR count). The predicted octanol–water partition coefficient (Wildman–Crippen LogP) is 3.78. The van der Waals surface area contributed by atoms with Gasteiger partial charge in [0.1, 0.15) is 0 Å². The van der Waals surface area contributed by atoms with E-state index in [-0.39, 0.29) is 5.54 Å². The van der Waals surface area contributed by atoms with Gasteiger partial charge in [-0.15, -0.1) is 0 Å². The summed E-state index contributed by atoms with van der Waals surface area (Å²) in [5.74, 6) is 0.577. The van der Waals surface area contributed by atoms with Crippen molar-refractivity contribution in [2.75, 3.05) is 18.0 Å². The number of nitrogens with one attached hydrogen (secondary N) is 1. The maximum atomic E-state index is 3.72. The second-order valence-electron chi connectivity index (χ2n) is 6.85. The maximum absolute atomic E-state index is 3.72. The number of anilines is 1. The van der Waals surface area contributed by atoms with Gasteiger partial charge in [0.2, 0.25) is 0 Å². The van der Waals surface area contributed by atoms with Crippen molar-refractivity contribution in [3.63, 3.8) is 0 Å². The number of nitrogens with zero attached hydrogens (tertiary/aromatic N) is 1. The average molecular weight is 260 g/mol. The average Bonchev–Trinajstić information content (AvgIpc) is 2.46. The van der Waals surface area contributed by atoms with Crippen molar-refractivity contribution in [1.29, 1.82) is 0 Å². The minimum atomic E-state index is 0.167. The van der Waals surface area contributed by atoms with Gasteiger partial charge in [-0.3, -0.25) is 0 Å². The molecule has 19 heavy (non-hydrogen) atoms. The van der Waals surface area contributed by atoms with E-state index in [0.717, 1.165) is 13.1 Å². The fraction of sp³-hybridized carbons (Fsp3) is 0.647. The highest BCUT2D eigenvalue weighted by atomic mass is 15.2. The van der Waals surface area contributed by atoms with Gasteiger partial charge in [-0.1, -0.05) is 32.0 Å². The number of hydrogen-bond acceptors (Lipinski definition) is 2. The van der Waals surface area contributed by atoms with E-state index in [1.54, 1.807) is 0 Å². The van der Waals surface area contributed by atoms with E-state index in [1.807, 2.05) is 0 Å². The Balaban J connectivity index is 2.30. The largest absolute Gasteiger partial charge is 0.369 e. The number of hydrogen-bond donors (Lipinski definition) is 1. The van der Waals surface area contributed by atoms with E-state index in [9.17, 15) is 0 Å². The van der Waals surface area contributed by atoms with Crippen molar-refractivity contribution in [2.24, 2.45) is 0 Å². The van der Waals surface area contributed by atoms with Crippen molar-refractivity contribution in [3.05, 3.63) is 29.8 Å². The Morgan fingerprint density at radius 2 is 1.95 bits per heavy atom. The molecule has 0 amide bonds. The lowest BCUT2D eigenvalue weighted by atomic mass is 9.99. The Morgan fingerprint density at radius 3 is 2.63 bits per heavy atom. The molecule has 0 aliphatic carbocycles. The molecule has 0 bridgehead atoms. The van der Waals surface area contributed by atoms with Gasteiger partial charge in [-0.2, -0.15) is 0 Å². The Morgan fingerprint density at radius 1 is 1.26 bits per heavy atom. The minimum absolute atomic E-state index is 0.167. The number of para-hydroxylation sites is 1. The van der Waals surface area contributed by atoms with Crippen LogP contribution < -0.4 is 10.2 Å². The normalized spacial score (nSPS) is 23.5. The van der Waals surface area contributed by atoms with Crippen LogP contribution in [0.25, 0.3) is 0 Å². The molecule has 1 saturated heterocycles. The summed E-state index contributed by atoms with van der Waals surface area (Å²) in [7, 11) is 0. The molecule has 1 aromatic rings. The quantitative estimate of drug-likeness (QED) is 0.870. The van der Waals surface area contributed by atoms with Crippen LogP contribution in [0, 0.1) is 0 Å². The summed E-state index contributed by atoms with van der Waals surface area (Å²) < 4.78 is 0. The molecule has 1 atom stereocenters. The summed E-state index contributed by atoms with van der Waals surface area (Å²) in [5, 5.41) is 3.72. The molecule has 0 saturated carbocycles. The molecule has 1 unspecified atom stereocenters. The van der Waals surface area contributed by atoms with Crippen LogP contribution in [-0.2, 0) is 0 Å². The van der Waals surface area contributed by atoms with Crippen LogP contribution in [0.5, 0.6) is 0 Å². The molecule has 0 radical (unpaired) electrons. The Hall–Kier alpha value is -1.02. The smallest absolute Gasteiger partial charge is 0.0402 e. The first-order valence-corrected chi connectivity index (χ1v) is 7.50. The molecule has 1 aliphatic rings. The lowest BCUT2D eigenvalue weighted by Gasteiger charge is -2.33. The Bertz CT molecular complexity index is 423. The Kier molecular flexibility index (Phi) is 4.19. The zero-order valence-corrected chi connectivity index (χ0v) is 13.0. The fourth-order valence-corrected chi connectivity index (χ4v) is 3.16. The van der Waals surface area contributed by atoms with Crippen LogP contribution in [0.4, 0.5) is 5.69 Å². The van der Waals surface area contributed by atoms with Crippen molar-refractivity contribution in [3.8, 4) is 0 Å². The molecule has 2 heteroatoms. The second kappa shape index (κ2) is 5.54. The van der Waals surface area contributed by atoms with Gasteiger partial charge in [0.05, 0.1) is 0 Å². The van der Waals surface area contributed by atoms with Gasteiger partial charge in [0, 0.05) is 30.4 Å². The first-order chi connectivity index (χ1) is 8.89. The highest BCUT2D eigenvalue weighted by Gasteiger charge is 2.28. The van der Waals surface area contributed by atoms with Crippen LogP contribution >= 0.6 is 0 Å². The second-order valence-corrected chi connectivity index (χ2v) is 6.85. The minimum Gasteiger partial charge on any atom is -0.369 e.